The third-order valence-electron chi connectivity index (χ3n) is 4.60. The number of amides is 2. The van der Waals surface area contributed by atoms with Gasteiger partial charge in [-0.2, -0.15) is 0 Å². The number of sulfonamides is 1. The van der Waals surface area contributed by atoms with Crippen LogP contribution in [0.15, 0.2) is 42.5 Å². The average Bonchev–Trinajstić information content (AvgIpc) is 2.87. The van der Waals surface area contributed by atoms with Crippen molar-refractivity contribution < 1.29 is 22.7 Å². The number of rotatable bonds is 5. The predicted octanol–water partition coefficient (Wildman–Crippen LogP) is 3.03. The van der Waals surface area contributed by atoms with E-state index in [0.717, 1.165) is 6.26 Å². The van der Waals surface area contributed by atoms with Crippen LogP contribution in [0.1, 0.15) is 30.6 Å². The van der Waals surface area contributed by atoms with Crippen LogP contribution in [-0.2, 0) is 14.8 Å². The molecule has 1 heterocycles. The van der Waals surface area contributed by atoms with Gasteiger partial charge in [0.2, 0.25) is 10.0 Å². The van der Waals surface area contributed by atoms with Crippen molar-refractivity contribution in [1.29, 1.82) is 0 Å². The standard InChI is InChI=1S/C21H24ClN3O5S/c1-13(2)23-20(26)15-6-4-5-7-16(15)24-21(27)19-10-11-25(31(3,28)29)17-12-14(22)8-9-18(17)30-19/h4-9,12-13,19H,10-11H2,1-3H3,(H,23,26)(H,24,27). The fourth-order valence-electron chi connectivity index (χ4n) is 3.22. The summed E-state index contributed by atoms with van der Waals surface area (Å²) < 4.78 is 31.6. The molecule has 0 bridgehead atoms. The lowest BCUT2D eigenvalue weighted by Crippen LogP contribution is -2.36. The minimum Gasteiger partial charge on any atom is -0.478 e. The zero-order valence-electron chi connectivity index (χ0n) is 17.4. The Morgan fingerprint density at radius 2 is 1.90 bits per heavy atom. The number of nitrogens with one attached hydrogen (secondary N) is 2. The van der Waals surface area contributed by atoms with Crippen molar-refractivity contribution in [3.8, 4) is 5.75 Å². The number of fused-ring (bicyclic) bond motifs is 1. The number of anilines is 2. The van der Waals surface area contributed by atoms with Crippen molar-refractivity contribution in [2.24, 2.45) is 0 Å². The molecule has 31 heavy (non-hydrogen) atoms. The number of nitrogens with zero attached hydrogens (tertiary/aromatic N) is 1. The maximum Gasteiger partial charge on any atom is 0.265 e. The first-order valence-electron chi connectivity index (χ1n) is 9.71. The van der Waals surface area contributed by atoms with Crippen LogP contribution in [0.2, 0.25) is 5.02 Å². The molecule has 1 atom stereocenters. The molecule has 3 rings (SSSR count). The Morgan fingerprint density at radius 3 is 2.58 bits per heavy atom. The summed E-state index contributed by atoms with van der Waals surface area (Å²) in [7, 11) is -3.61. The third kappa shape index (κ3) is 5.48. The summed E-state index contributed by atoms with van der Waals surface area (Å²) in [6.07, 6.45) is 0.237. The minimum atomic E-state index is -3.61. The van der Waals surface area contributed by atoms with Gasteiger partial charge in [-0.1, -0.05) is 23.7 Å². The molecule has 0 aliphatic carbocycles. The summed E-state index contributed by atoms with van der Waals surface area (Å²) in [5.41, 5.74) is 0.944. The number of halogens is 1. The predicted molar refractivity (Wildman–Crippen MR) is 120 cm³/mol. The van der Waals surface area contributed by atoms with Crippen LogP contribution < -0.4 is 19.7 Å². The highest BCUT2D eigenvalue weighted by molar-refractivity contribution is 7.92. The fraction of sp³-hybridized carbons (Fsp3) is 0.333. The molecule has 10 heteroatoms. The van der Waals surface area contributed by atoms with Gasteiger partial charge >= 0.3 is 0 Å². The second-order valence-corrected chi connectivity index (χ2v) is 9.85. The molecular formula is C21H24ClN3O5S. The molecule has 0 saturated heterocycles. The summed E-state index contributed by atoms with van der Waals surface area (Å²) in [6, 6.07) is 11.2. The van der Waals surface area contributed by atoms with Gasteiger partial charge in [0, 0.05) is 24.0 Å². The van der Waals surface area contributed by atoms with Gasteiger partial charge in [0.05, 0.1) is 23.2 Å². The molecule has 2 N–H and O–H groups in total. The molecule has 0 spiro atoms. The van der Waals surface area contributed by atoms with E-state index >= 15 is 0 Å². The van der Waals surface area contributed by atoms with E-state index in [2.05, 4.69) is 10.6 Å². The van der Waals surface area contributed by atoms with Crippen LogP contribution in [0.4, 0.5) is 11.4 Å². The number of hydrogen-bond donors (Lipinski definition) is 2. The summed E-state index contributed by atoms with van der Waals surface area (Å²) >= 11 is 6.04. The lowest BCUT2D eigenvalue weighted by molar-refractivity contribution is -0.122. The Balaban J connectivity index is 1.86. The number of para-hydroxylation sites is 1. The molecule has 1 unspecified atom stereocenters. The van der Waals surface area contributed by atoms with Crippen LogP contribution in [0.3, 0.4) is 0 Å². The van der Waals surface area contributed by atoms with E-state index in [1.165, 1.54) is 16.4 Å². The molecule has 2 aromatic rings. The number of carbonyl (C=O) groups excluding carboxylic acids is 2. The maximum absolute atomic E-state index is 13.0. The molecular weight excluding hydrogens is 442 g/mol. The lowest BCUT2D eigenvalue weighted by Gasteiger charge is -2.21. The second-order valence-electron chi connectivity index (χ2n) is 7.51. The molecule has 8 nitrogen and oxygen atoms in total. The van der Waals surface area contributed by atoms with Crippen molar-refractivity contribution in [2.45, 2.75) is 32.4 Å². The first-order valence-corrected chi connectivity index (χ1v) is 11.9. The van der Waals surface area contributed by atoms with Gasteiger partial charge in [0.15, 0.2) is 6.10 Å². The fourth-order valence-corrected chi connectivity index (χ4v) is 4.33. The molecule has 1 aliphatic heterocycles. The highest BCUT2D eigenvalue weighted by Gasteiger charge is 2.32. The van der Waals surface area contributed by atoms with Crippen molar-refractivity contribution in [3.05, 3.63) is 53.1 Å². The Kier molecular flexibility index (Phi) is 6.76. The van der Waals surface area contributed by atoms with Crippen molar-refractivity contribution in [2.75, 3.05) is 22.4 Å². The van der Waals surface area contributed by atoms with E-state index in [4.69, 9.17) is 16.3 Å². The Hall–Kier alpha value is -2.78. The van der Waals surface area contributed by atoms with Crippen LogP contribution in [0.5, 0.6) is 5.75 Å². The van der Waals surface area contributed by atoms with Gasteiger partial charge in [0.25, 0.3) is 11.8 Å². The van der Waals surface area contributed by atoms with E-state index in [-0.39, 0.29) is 36.4 Å². The molecule has 0 saturated carbocycles. The summed E-state index contributed by atoms with van der Waals surface area (Å²) in [4.78, 5) is 25.4. The number of hydrogen-bond acceptors (Lipinski definition) is 5. The Labute approximate surface area is 186 Å². The van der Waals surface area contributed by atoms with Crippen LogP contribution >= 0.6 is 11.6 Å². The van der Waals surface area contributed by atoms with Crippen LogP contribution in [0, 0.1) is 0 Å². The Bertz CT molecular complexity index is 1100. The van der Waals surface area contributed by atoms with Crippen molar-refractivity contribution in [3.63, 3.8) is 0 Å². The molecule has 1 aliphatic rings. The third-order valence-corrected chi connectivity index (χ3v) is 6.01. The molecule has 166 valence electrons. The van der Waals surface area contributed by atoms with E-state index in [9.17, 15) is 18.0 Å². The zero-order chi connectivity index (χ0) is 22.8. The Morgan fingerprint density at radius 1 is 1.19 bits per heavy atom. The van der Waals surface area contributed by atoms with Crippen molar-refractivity contribution >= 4 is 44.8 Å². The number of benzene rings is 2. The molecule has 0 aromatic heterocycles. The number of ether oxygens (including phenoxy) is 1. The maximum atomic E-state index is 13.0. The first-order chi connectivity index (χ1) is 14.6. The first kappa shape index (κ1) is 22.9. The van der Waals surface area contributed by atoms with Crippen LogP contribution in [0.25, 0.3) is 0 Å². The topological polar surface area (TPSA) is 105 Å². The zero-order valence-corrected chi connectivity index (χ0v) is 19.0. The average molecular weight is 466 g/mol. The van der Waals surface area contributed by atoms with Gasteiger partial charge in [-0.3, -0.25) is 13.9 Å². The van der Waals surface area contributed by atoms with Gasteiger partial charge < -0.3 is 15.4 Å². The van der Waals surface area contributed by atoms with Gasteiger partial charge in [-0.25, -0.2) is 8.42 Å². The quantitative estimate of drug-likeness (QED) is 0.706. The van der Waals surface area contributed by atoms with Crippen LogP contribution in [-0.4, -0.2) is 45.2 Å². The van der Waals surface area contributed by atoms with Gasteiger partial charge in [-0.05, 0) is 44.2 Å². The van der Waals surface area contributed by atoms with Gasteiger partial charge in [-0.15, -0.1) is 0 Å². The van der Waals surface area contributed by atoms with Crippen molar-refractivity contribution in [1.82, 2.24) is 5.32 Å². The smallest absolute Gasteiger partial charge is 0.265 e. The second kappa shape index (κ2) is 9.15. The normalized spacial score (nSPS) is 16.2. The lowest BCUT2D eigenvalue weighted by atomic mass is 10.1. The molecule has 2 amide bonds. The largest absolute Gasteiger partial charge is 0.478 e. The highest BCUT2D eigenvalue weighted by Crippen LogP contribution is 2.36. The number of carbonyl (C=O) groups is 2. The highest BCUT2D eigenvalue weighted by atomic mass is 35.5. The van der Waals surface area contributed by atoms with E-state index in [1.54, 1.807) is 30.3 Å². The van der Waals surface area contributed by atoms with E-state index < -0.39 is 22.0 Å². The SMILES string of the molecule is CC(C)NC(=O)c1ccccc1NC(=O)C1CCN(S(C)(=O)=O)c2cc(Cl)ccc2O1. The summed E-state index contributed by atoms with van der Waals surface area (Å²) in [5.74, 6) is -0.560. The van der Waals surface area contributed by atoms with E-state index in [0.29, 0.717) is 16.3 Å². The molecule has 0 radical (unpaired) electrons. The monoisotopic (exact) mass is 465 g/mol. The summed E-state index contributed by atoms with van der Waals surface area (Å²) in [5, 5.41) is 5.89. The van der Waals surface area contributed by atoms with Gasteiger partial charge in [0.1, 0.15) is 5.75 Å². The molecule has 2 aromatic carbocycles. The summed E-state index contributed by atoms with van der Waals surface area (Å²) in [6.45, 7) is 3.73. The minimum absolute atomic E-state index is 0.0414. The molecule has 0 fully saturated rings. The van der Waals surface area contributed by atoms with E-state index in [1.807, 2.05) is 13.8 Å².